The maximum absolute atomic E-state index is 13.0. The minimum atomic E-state index is -0.542. The molecule has 0 spiro atoms. The van der Waals surface area contributed by atoms with Gasteiger partial charge in [-0.25, -0.2) is 0 Å². The molecule has 2 aliphatic rings. The molecule has 0 radical (unpaired) electrons. The number of carbonyl (C=O) groups is 2. The zero-order chi connectivity index (χ0) is 16.9. The molecule has 1 aromatic carbocycles. The number of rotatable bonds is 5. The Morgan fingerprint density at radius 3 is 2.75 bits per heavy atom. The number of hydrogen-bond donors (Lipinski definition) is 1. The standard InChI is InChI=1S/C19H26N2O3/c1-24-12-11-21-17(22)13-14-7-5-6-10-16(14)18(21)19(23)20-15-8-3-2-4-9-15/h5-7,10,15,18H,2-4,8-9,11-13H2,1H3,(H,20,23). The molecule has 1 unspecified atom stereocenters. The Bertz CT molecular complexity index is 596. The molecule has 5 heteroatoms. The SMILES string of the molecule is COCCN1C(=O)Cc2ccccc2C1C(=O)NC1CCCCC1. The summed E-state index contributed by atoms with van der Waals surface area (Å²) in [6.07, 6.45) is 6.00. The van der Waals surface area contributed by atoms with E-state index < -0.39 is 6.04 Å². The molecule has 1 fully saturated rings. The molecule has 3 rings (SSSR count). The van der Waals surface area contributed by atoms with E-state index in [9.17, 15) is 9.59 Å². The molecule has 24 heavy (non-hydrogen) atoms. The summed E-state index contributed by atoms with van der Waals surface area (Å²) >= 11 is 0. The van der Waals surface area contributed by atoms with Crippen LogP contribution in [0.3, 0.4) is 0 Å². The normalized spacial score (nSPS) is 21.5. The van der Waals surface area contributed by atoms with Crippen molar-refractivity contribution >= 4 is 11.8 Å². The minimum Gasteiger partial charge on any atom is -0.383 e. The molecule has 1 aliphatic carbocycles. The summed E-state index contributed by atoms with van der Waals surface area (Å²) in [7, 11) is 1.61. The number of ether oxygens (including phenoxy) is 1. The second-order valence-electron chi connectivity index (χ2n) is 6.70. The lowest BCUT2D eigenvalue weighted by Gasteiger charge is -2.37. The van der Waals surface area contributed by atoms with E-state index in [0.29, 0.717) is 19.6 Å². The predicted molar refractivity (Wildman–Crippen MR) is 91.5 cm³/mol. The molecule has 1 N–H and O–H groups in total. The molecule has 1 aliphatic heterocycles. The number of benzene rings is 1. The van der Waals surface area contributed by atoms with E-state index in [-0.39, 0.29) is 17.9 Å². The largest absolute Gasteiger partial charge is 0.383 e. The van der Waals surface area contributed by atoms with Gasteiger partial charge in [0.15, 0.2) is 0 Å². The quantitative estimate of drug-likeness (QED) is 0.900. The van der Waals surface area contributed by atoms with E-state index in [4.69, 9.17) is 4.74 Å². The molecule has 5 nitrogen and oxygen atoms in total. The minimum absolute atomic E-state index is 0.00505. The van der Waals surface area contributed by atoms with Gasteiger partial charge in [0.25, 0.3) is 0 Å². The number of carbonyl (C=O) groups excluding carboxylic acids is 2. The smallest absolute Gasteiger partial charge is 0.247 e. The first kappa shape index (κ1) is 17.0. The third-order valence-electron chi connectivity index (χ3n) is 5.06. The Kier molecular flexibility index (Phi) is 5.51. The molecular formula is C19H26N2O3. The lowest BCUT2D eigenvalue weighted by Crippen LogP contribution is -2.50. The van der Waals surface area contributed by atoms with Crippen LogP contribution >= 0.6 is 0 Å². The van der Waals surface area contributed by atoms with E-state index in [2.05, 4.69) is 5.32 Å². The predicted octanol–water partition coefficient (Wildman–Crippen LogP) is 2.21. The molecule has 0 aromatic heterocycles. The Balaban J connectivity index is 1.83. The Labute approximate surface area is 143 Å². The van der Waals surface area contributed by atoms with E-state index in [1.807, 2.05) is 24.3 Å². The van der Waals surface area contributed by atoms with E-state index in [1.54, 1.807) is 12.0 Å². The fourth-order valence-corrected chi connectivity index (χ4v) is 3.79. The van der Waals surface area contributed by atoms with Crippen LogP contribution in [0, 0.1) is 0 Å². The van der Waals surface area contributed by atoms with Crippen LogP contribution in [-0.2, 0) is 20.7 Å². The second kappa shape index (κ2) is 7.79. The Hall–Kier alpha value is -1.88. The summed E-state index contributed by atoms with van der Waals surface area (Å²) in [6, 6.07) is 7.46. The Morgan fingerprint density at radius 2 is 2.00 bits per heavy atom. The topological polar surface area (TPSA) is 58.6 Å². The summed E-state index contributed by atoms with van der Waals surface area (Å²) in [4.78, 5) is 27.2. The van der Waals surface area contributed by atoms with Crippen LogP contribution in [0.2, 0.25) is 0 Å². The highest BCUT2D eigenvalue weighted by atomic mass is 16.5. The van der Waals surface area contributed by atoms with Gasteiger partial charge >= 0.3 is 0 Å². The van der Waals surface area contributed by atoms with Crippen molar-refractivity contribution in [2.75, 3.05) is 20.3 Å². The van der Waals surface area contributed by atoms with E-state index in [0.717, 1.165) is 24.0 Å². The maximum atomic E-state index is 13.0. The molecule has 1 heterocycles. The number of methoxy groups -OCH3 is 1. The van der Waals surface area contributed by atoms with Gasteiger partial charge in [-0.2, -0.15) is 0 Å². The Morgan fingerprint density at radius 1 is 1.25 bits per heavy atom. The monoisotopic (exact) mass is 330 g/mol. The molecular weight excluding hydrogens is 304 g/mol. The molecule has 0 bridgehead atoms. The van der Waals surface area contributed by atoms with Crippen molar-refractivity contribution in [2.45, 2.75) is 50.6 Å². The van der Waals surface area contributed by atoms with Crippen molar-refractivity contribution in [3.8, 4) is 0 Å². The van der Waals surface area contributed by atoms with Crippen molar-refractivity contribution in [3.05, 3.63) is 35.4 Å². The van der Waals surface area contributed by atoms with E-state index >= 15 is 0 Å². The zero-order valence-electron chi connectivity index (χ0n) is 14.3. The van der Waals surface area contributed by atoms with Gasteiger partial charge in [-0.1, -0.05) is 43.5 Å². The number of nitrogens with one attached hydrogen (secondary N) is 1. The van der Waals surface area contributed by atoms with Crippen molar-refractivity contribution in [2.24, 2.45) is 0 Å². The van der Waals surface area contributed by atoms with Crippen LogP contribution in [0.5, 0.6) is 0 Å². The summed E-state index contributed by atoms with van der Waals surface area (Å²) in [5, 5.41) is 3.18. The molecule has 130 valence electrons. The summed E-state index contributed by atoms with van der Waals surface area (Å²) < 4.78 is 5.13. The van der Waals surface area contributed by atoms with Crippen molar-refractivity contribution in [3.63, 3.8) is 0 Å². The van der Waals surface area contributed by atoms with Gasteiger partial charge in [-0.3, -0.25) is 9.59 Å². The molecule has 2 amide bonds. The lowest BCUT2D eigenvalue weighted by molar-refractivity contribution is -0.142. The van der Waals surface area contributed by atoms with Crippen molar-refractivity contribution < 1.29 is 14.3 Å². The van der Waals surface area contributed by atoms with Gasteiger partial charge in [0.2, 0.25) is 11.8 Å². The van der Waals surface area contributed by atoms with Crippen LogP contribution in [0.15, 0.2) is 24.3 Å². The van der Waals surface area contributed by atoms with Crippen LogP contribution < -0.4 is 5.32 Å². The first-order valence-electron chi connectivity index (χ1n) is 8.87. The number of fused-ring (bicyclic) bond motifs is 1. The highest BCUT2D eigenvalue weighted by Crippen LogP contribution is 2.31. The van der Waals surface area contributed by atoms with Gasteiger partial charge in [0.1, 0.15) is 6.04 Å². The highest BCUT2D eigenvalue weighted by Gasteiger charge is 2.37. The lowest BCUT2D eigenvalue weighted by atomic mass is 9.90. The first-order valence-corrected chi connectivity index (χ1v) is 8.87. The first-order chi connectivity index (χ1) is 11.7. The average molecular weight is 330 g/mol. The van der Waals surface area contributed by atoms with Crippen LogP contribution in [0.1, 0.15) is 49.3 Å². The fourth-order valence-electron chi connectivity index (χ4n) is 3.79. The average Bonchev–Trinajstić information content (AvgIpc) is 2.60. The fraction of sp³-hybridized carbons (Fsp3) is 0.579. The van der Waals surface area contributed by atoms with Gasteiger partial charge in [0.05, 0.1) is 13.0 Å². The molecule has 1 aromatic rings. The molecule has 0 saturated heterocycles. The number of nitrogens with zero attached hydrogens (tertiary/aromatic N) is 1. The summed E-state index contributed by atoms with van der Waals surface area (Å²) in [5.74, 6) is -0.0620. The number of amides is 2. The third-order valence-corrected chi connectivity index (χ3v) is 5.06. The summed E-state index contributed by atoms with van der Waals surface area (Å²) in [6.45, 7) is 0.869. The van der Waals surface area contributed by atoms with Gasteiger partial charge in [-0.15, -0.1) is 0 Å². The second-order valence-corrected chi connectivity index (χ2v) is 6.70. The zero-order valence-corrected chi connectivity index (χ0v) is 14.3. The van der Waals surface area contributed by atoms with Crippen LogP contribution in [-0.4, -0.2) is 43.0 Å². The van der Waals surface area contributed by atoms with Gasteiger partial charge in [0, 0.05) is 19.7 Å². The van der Waals surface area contributed by atoms with Crippen LogP contribution in [0.25, 0.3) is 0 Å². The van der Waals surface area contributed by atoms with Gasteiger partial charge in [-0.05, 0) is 24.0 Å². The van der Waals surface area contributed by atoms with Crippen molar-refractivity contribution in [1.29, 1.82) is 0 Å². The van der Waals surface area contributed by atoms with Gasteiger partial charge < -0.3 is 15.0 Å². The molecule has 1 saturated carbocycles. The van der Waals surface area contributed by atoms with Crippen molar-refractivity contribution in [1.82, 2.24) is 10.2 Å². The molecule has 1 atom stereocenters. The number of hydrogen-bond acceptors (Lipinski definition) is 3. The maximum Gasteiger partial charge on any atom is 0.247 e. The van der Waals surface area contributed by atoms with Crippen LogP contribution in [0.4, 0.5) is 0 Å². The van der Waals surface area contributed by atoms with E-state index in [1.165, 1.54) is 19.3 Å². The summed E-state index contributed by atoms with van der Waals surface area (Å²) in [5.41, 5.74) is 1.90. The highest BCUT2D eigenvalue weighted by molar-refractivity contribution is 5.92. The third kappa shape index (κ3) is 3.61.